The highest BCUT2D eigenvalue weighted by Gasteiger charge is 2.18. The second-order valence-corrected chi connectivity index (χ2v) is 3.93. The largest absolute Gasteiger partial charge is 0.325 e. The Morgan fingerprint density at radius 3 is 2.71 bits per heavy atom. The van der Waals surface area contributed by atoms with E-state index in [0.717, 1.165) is 25.9 Å². The molecule has 0 bridgehead atoms. The number of anilines is 1. The first-order valence-corrected chi connectivity index (χ1v) is 5.47. The molecule has 1 aromatic rings. The number of nitrogens with zero attached hydrogens (tertiary/aromatic N) is 2. The molecule has 1 saturated heterocycles. The number of nitro groups is 1. The average Bonchev–Trinajstić information content (AvgIpc) is 2.82. The lowest BCUT2D eigenvalue weighted by atomic mass is 10.3. The van der Waals surface area contributed by atoms with Gasteiger partial charge in [-0.15, -0.1) is 0 Å². The number of hydrogen-bond donors (Lipinski definition) is 1. The lowest BCUT2D eigenvalue weighted by Gasteiger charge is -2.15. The van der Waals surface area contributed by atoms with Crippen LogP contribution in [-0.4, -0.2) is 28.9 Å². The standard InChI is InChI=1S/C11H13N3O3/c15-11(13-6-1-2-7-13)12-9-4-3-5-10(8-9)14(16)17/h3-5,8H,1-2,6-7H2,(H,12,15). The van der Waals surface area contributed by atoms with Crippen LogP contribution in [0.5, 0.6) is 0 Å². The maximum Gasteiger partial charge on any atom is 0.321 e. The molecule has 0 radical (unpaired) electrons. The van der Waals surface area contributed by atoms with E-state index < -0.39 is 4.92 Å². The van der Waals surface area contributed by atoms with E-state index in [1.165, 1.54) is 12.1 Å². The topological polar surface area (TPSA) is 75.5 Å². The van der Waals surface area contributed by atoms with E-state index in [0.29, 0.717) is 5.69 Å². The van der Waals surface area contributed by atoms with Crippen LogP contribution in [0.25, 0.3) is 0 Å². The molecule has 0 saturated carbocycles. The molecule has 0 spiro atoms. The van der Waals surface area contributed by atoms with E-state index >= 15 is 0 Å². The van der Waals surface area contributed by atoms with Crippen molar-refractivity contribution >= 4 is 17.4 Å². The van der Waals surface area contributed by atoms with Gasteiger partial charge in [0, 0.05) is 30.9 Å². The molecule has 1 aromatic carbocycles. The van der Waals surface area contributed by atoms with Crippen LogP contribution in [0.1, 0.15) is 12.8 Å². The molecule has 90 valence electrons. The molecule has 6 heteroatoms. The SMILES string of the molecule is O=C(Nc1cccc([N+](=O)[O-])c1)N1CCCC1. The minimum Gasteiger partial charge on any atom is -0.325 e. The maximum atomic E-state index is 11.7. The fourth-order valence-electron chi connectivity index (χ4n) is 1.82. The predicted octanol–water partition coefficient (Wildman–Crippen LogP) is 2.22. The molecule has 0 aliphatic carbocycles. The van der Waals surface area contributed by atoms with Crippen molar-refractivity contribution in [3.63, 3.8) is 0 Å². The molecule has 1 aliphatic heterocycles. The van der Waals surface area contributed by atoms with Gasteiger partial charge in [0.05, 0.1) is 4.92 Å². The van der Waals surface area contributed by atoms with Gasteiger partial charge in [-0.25, -0.2) is 4.79 Å². The molecule has 2 rings (SSSR count). The Balaban J connectivity index is 2.05. The lowest BCUT2D eigenvalue weighted by molar-refractivity contribution is -0.384. The fourth-order valence-corrected chi connectivity index (χ4v) is 1.82. The molecule has 2 amide bonds. The summed E-state index contributed by atoms with van der Waals surface area (Å²) in [5.74, 6) is 0. The molecule has 6 nitrogen and oxygen atoms in total. The zero-order valence-corrected chi connectivity index (χ0v) is 9.26. The number of non-ortho nitro benzene ring substituents is 1. The number of likely N-dealkylation sites (tertiary alicyclic amines) is 1. The van der Waals surface area contributed by atoms with Crippen LogP contribution >= 0.6 is 0 Å². The molecular formula is C11H13N3O3. The highest BCUT2D eigenvalue weighted by atomic mass is 16.6. The second kappa shape index (κ2) is 4.82. The zero-order chi connectivity index (χ0) is 12.3. The normalized spacial score (nSPS) is 14.7. The fraction of sp³-hybridized carbons (Fsp3) is 0.364. The minimum atomic E-state index is -0.481. The van der Waals surface area contributed by atoms with Gasteiger partial charge in [-0.2, -0.15) is 0 Å². The highest BCUT2D eigenvalue weighted by Crippen LogP contribution is 2.18. The van der Waals surface area contributed by atoms with Gasteiger partial charge in [0.1, 0.15) is 0 Å². The average molecular weight is 235 g/mol. The molecule has 0 atom stereocenters. The first-order valence-electron chi connectivity index (χ1n) is 5.47. The van der Waals surface area contributed by atoms with Crippen molar-refractivity contribution in [1.29, 1.82) is 0 Å². The van der Waals surface area contributed by atoms with E-state index in [1.54, 1.807) is 17.0 Å². The molecule has 1 heterocycles. The van der Waals surface area contributed by atoms with E-state index in [1.807, 2.05) is 0 Å². The quantitative estimate of drug-likeness (QED) is 0.630. The van der Waals surface area contributed by atoms with Crippen molar-refractivity contribution in [2.45, 2.75) is 12.8 Å². The molecule has 1 N–H and O–H groups in total. The summed E-state index contributed by atoms with van der Waals surface area (Å²) in [6.07, 6.45) is 2.03. The number of urea groups is 1. The zero-order valence-electron chi connectivity index (χ0n) is 9.26. The van der Waals surface area contributed by atoms with Crippen molar-refractivity contribution in [2.24, 2.45) is 0 Å². The van der Waals surface area contributed by atoms with Gasteiger partial charge in [0.15, 0.2) is 0 Å². The van der Waals surface area contributed by atoms with Crippen LogP contribution in [0.2, 0.25) is 0 Å². The number of carbonyl (C=O) groups is 1. The van der Waals surface area contributed by atoms with Crippen molar-refractivity contribution in [2.75, 3.05) is 18.4 Å². The summed E-state index contributed by atoms with van der Waals surface area (Å²) >= 11 is 0. The molecule has 0 aromatic heterocycles. The summed E-state index contributed by atoms with van der Waals surface area (Å²) in [7, 11) is 0. The van der Waals surface area contributed by atoms with Gasteiger partial charge in [-0.1, -0.05) is 6.07 Å². The van der Waals surface area contributed by atoms with E-state index in [2.05, 4.69) is 5.32 Å². The summed E-state index contributed by atoms with van der Waals surface area (Å²) in [5.41, 5.74) is 0.431. The highest BCUT2D eigenvalue weighted by molar-refractivity contribution is 5.89. The number of nitrogens with one attached hydrogen (secondary N) is 1. The third-order valence-corrected chi connectivity index (χ3v) is 2.70. The molecule has 0 unspecified atom stereocenters. The summed E-state index contributed by atoms with van der Waals surface area (Å²) in [4.78, 5) is 23.5. The third kappa shape index (κ3) is 2.72. The van der Waals surface area contributed by atoms with Crippen LogP contribution in [0, 0.1) is 10.1 Å². The molecule has 1 fully saturated rings. The Morgan fingerprint density at radius 2 is 2.06 bits per heavy atom. The van der Waals surface area contributed by atoms with Crippen molar-refractivity contribution < 1.29 is 9.72 Å². The van der Waals surface area contributed by atoms with Crippen LogP contribution in [0.15, 0.2) is 24.3 Å². The van der Waals surface area contributed by atoms with E-state index in [-0.39, 0.29) is 11.7 Å². The second-order valence-electron chi connectivity index (χ2n) is 3.93. The Kier molecular flexibility index (Phi) is 3.22. The van der Waals surface area contributed by atoms with Crippen molar-refractivity contribution in [3.05, 3.63) is 34.4 Å². The van der Waals surface area contributed by atoms with Crippen molar-refractivity contribution in [3.8, 4) is 0 Å². The summed E-state index contributed by atoms with van der Waals surface area (Å²) in [6.45, 7) is 1.50. The molecular weight excluding hydrogens is 222 g/mol. The lowest BCUT2D eigenvalue weighted by Crippen LogP contribution is -2.32. The van der Waals surface area contributed by atoms with E-state index in [9.17, 15) is 14.9 Å². The number of carbonyl (C=O) groups excluding carboxylic acids is 1. The van der Waals surface area contributed by atoms with E-state index in [4.69, 9.17) is 0 Å². The van der Waals surface area contributed by atoms with Crippen LogP contribution in [0.3, 0.4) is 0 Å². The number of rotatable bonds is 2. The Morgan fingerprint density at radius 1 is 1.35 bits per heavy atom. The van der Waals surface area contributed by atoms with Gasteiger partial charge < -0.3 is 10.2 Å². The summed E-state index contributed by atoms with van der Waals surface area (Å²) in [6, 6.07) is 5.75. The number of amides is 2. The van der Waals surface area contributed by atoms with Gasteiger partial charge >= 0.3 is 6.03 Å². The van der Waals surface area contributed by atoms with Crippen LogP contribution in [0.4, 0.5) is 16.2 Å². The van der Waals surface area contributed by atoms with Crippen molar-refractivity contribution in [1.82, 2.24) is 4.90 Å². The predicted molar refractivity (Wildman–Crippen MR) is 62.9 cm³/mol. The minimum absolute atomic E-state index is 0.0239. The first-order chi connectivity index (χ1) is 8.16. The first kappa shape index (κ1) is 11.4. The molecule has 1 aliphatic rings. The Hall–Kier alpha value is -2.11. The van der Waals surface area contributed by atoms with Crippen LogP contribution in [-0.2, 0) is 0 Å². The summed E-state index contributed by atoms with van der Waals surface area (Å²) in [5, 5.41) is 13.2. The van der Waals surface area contributed by atoms with Gasteiger partial charge in [-0.3, -0.25) is 10.1 Å². The Bertz CT molecular complexity index is 441. The molecule has 17 heavy (non-hydrogen) atoms. The Labute approximate surface area is 98.4 Å². The van der Waals surface area contributed by atoms with Gasteiger partial charge in [0.2, 0.25) is 0 Å². The monoisotopic (exact) mass is 235 g/mol. The van der Waals surface area contributed by atoms with Gasteiger partial charge in [-0.05, 0) is 18.9 Å². The maximum absolute atomic E-state index is 11.7. The number of hydrogen-bond acceptors (Lipinski definition) is 3. The third-order valence-electron chi connectivity index (χ3n) is 2.70. The smallest absolute Gasteiger partial charge is 0.321 e. The van der Waals surface area contributed by atoms with Crippen LogP contribution < -0.4 is 5.32 Å². The number of benzene rings is 1. The summed E-state index contributed by atoms with van der Waals surface area (Å²) < 4.78 is 0. The van der Waals surface area contributed by atoms with Gasteiger partial charge in [0.25, 0.3) is 5.69 Å². The number of nitro benzene ring substituents is 1.